The van der Waals surface area contributed by atoms with Crippen LogP contribution in [-0.4, -0.2) is 0 Å². The fraction of sp³-hybridized carbons (Fsp3) is 0.385. The highest BCUT2D eigenvalue weighted by Gasteiger charge is 1.84. The second kappa shape index (κ2) is 32.9. The largest absolute Gasteiger partial charge is 0.0776 e. The third-order valence-electron chi connectivity index (χ3n) is 4.76. The van der Waals surface area contributed by atoms with E-state index in [9.17, 15) is 0 Å². The Balaban J connectivity index is -0.0000000864. The van der Waals surface area contributed by atoms with Gasteiger partial charge in [0.2, 0.25) is 0 Å². The van der Waals surface area contributed by atoms with Crippen molar-refractivity contribution in [2.75, 3.05) is 0 Å². The van der Waals surface area contributed by atoms with Crippen molar-refractivity contribution in [1.29, 1.82) is 0 Å². The molecule has 0 amide bonds. The fourth-order valence-electron chi connectivity index (χ4n) is 2.64. The van der Waals surface area contributed by atoms with E-state index in [-0.39, 0.29) is 29.7 Å². The van der Waals surface area contributed by atoms with Gasteiger partial charge in [-0.15, -0.1) is 0 Å². The summed E-state index contributed by atoms with van der Waals surface area (Å²) in [6.45, 7) is 22.7. The van der Waals surface area contributed by atoms with Crippen LogP contribution < -0.4 is 0 Å². The lowest BCUT2D eigenvalue weighted by Gasteiger charge is -1.93. The molecule has 0 saturated heterocycles. The molecule has 4 rings (SSSR count). The Hall–Kier alpha value is -3.12. The van der Waals surface area contributed by atoms with Crippen LogP contribution in [0.2, 0.25) is 0 Å². The van der Waals surface area contributed by atoms with Gasteiger partial charge in [0.1, 0.15) is 0 Å². The number of hydrogen-bond donors (Lipinski definition) is 0. The predicted molar refractivity (Wildman–Crippen MR) is 189 cm³/mol. The second-order valence-corrected chi connectivity index (χ2v) is 8.05. The van der Waals surface area contributed by atoms with Gasteiger partial charge < -0.3 is 0 Å². The highest BCUT2D eigenvalue weighted by Crippen LogP contribution is 2.03. The summed E-state index contributed by atoms with van der Waals surface area (Å²) in [6, 6.07) is 35.5. The quantitative estimate of drug-likeness (QED) is 0.210. The molecule has 0 radical (unpaired) electrons. The lowest BCUT2D eigenvalue weighted by atomic mass is 10.1. The molecule has 0 N–H and O–H groups in total. The summed E-state index contributed by atoms with van der Waals surface area (Å²) in [5.41, 5.74) is 9.39. The highest BCUT2D eigenvalue weighted by atomic mass is 13.9. The molecule has 0 bridgehead atoms. The van der Waals surface area contributed by atoms with E-state index in [0.717, 1.165) is 0 Å². The Morgan fingerprint density at radius 3 is 0.744 bits per heavy atom. The molecule has 0 aliphatic carbocycles. The van der Waals surface area contributed by atoms with Crippen molar-refractivity contribution in [3.63, 3.8) is 0 Å². The van der Waals surface area contributed by atoms with E-state index >= 15 is 0 Å². The zero-order valence-electron chi connectivity index (χ0n) is 24.3. The Morgan fingerprint density at radius 2 is 0.538 bits per heavy atom. The topological polar surface area (TPSA) is 0 Å². The molecule has 0 heterocycles. The molecule has 0 nitrogen and oxygen atoms in total. The number of rotatable bonds is 0. The van der Waals surface area contributed by atoms with Gasteiger partial charge in [0.25, 0.3) is 0 Å². The molecule has 4 aromatic carbocycles. The van der Waals surface area contributed by atoms with E-state index in [1.54, 1.807) is 0 Å². The molecule has 0 heteroatoms. The maximum atomic E-state index is 2.17. The maximum Gasteiger partial charge on any atom is -0.0395 e. The lowest BCUT2D eigenvalue weighted by Crippen LogP contribution is -1.74. The van der Waals surface area contributed by atoms with Crippen LogP contribution in [0, 0.1) is 48.5 Å². The minimum atomic E-state index is 0. The molecule has 222 valence electrons. The number of benzene rings is 4. The van der Waals surface area contributed by atoms with E-state index < -0.39 is 0 Å². The zero-order valence-corrected chi connectivity index (χ0v) is 24.3. The van der Waals surface area contributed by atoms with E-state index in [1.807, 2.05) is 45.9 Å². The molecule has 39 heavy (non-hydrogen) atoms. The van der Waals surface area contributed by atoms with Crippen LogP contribution in [0.3, 0.4) is 0 Å². The van der Waals surface area contributed by atoms with Gasteiger partial charge in [-0.25, -0.2) is 0 Å². The molecule has 0 aliphatic heterocycles. The van der Waals surface area contributed by atoms with Gasteiger partial charge in [0, 0.05) is 0 Å². The van der Waals surface area contributed by atoms with Gasteiger partial charge in [-0.2, -0.15) is 0 Å². The minimum absolute atomic E-state index is 0. The molecular formula is C39H66. The van der Waals surface area contributed by atoms with Crippen molar-refractivity contribution in [3.8, 4) is 0 Å². The molecule has 0 fully saturated rings. The highest BCUT2D eigenvalue weighted by molar-refractivity contribution is 5.23. The normalized spacial score (nSPS) is 7.56. The first kappa shape index (κ1) is 48.9. The summed E-state index contributed by atoms with van der Waals surface area (Å²) < 4.78 is 0. The van der Waals surface area contributed by atoms with Crippen LogP contribution in [0.15, 0.2) is 103 Å². The maximum absolute atomic E-state index is 2.17. The van der Waals surface area contributed by atoms with Crippen molar-refractivity contribution < 1.29 is 0 Å². The average molecular weight is 535 g/mol. The van der Waals surface area contributed by atoms with Gasteiger partial charge in [0.05, 0.1) is 0 Å². The summed E-state index contributed by atoms with van der Waals surface area (Å²) >= 11 is 0. The Morgan fingerprint density at radius 1 is 0.282 bits per heavy atom. The van der Waals surface area contributed by atoms with E-state index in [4.69, 9.17) is 0 Å². The first-order valence-electron chi connectivity index (χ1n) is 12.9. The van der Waals surface area contributed by atoms with Gasteiger partial charge >= 0.3 is 0 Å². The van der Waals surface area contributed by atoms with Crippen LogP contribution in [-0.2, 0) is 0 Å². The zero-order chi connectivity index (χ0) is 27.1. The average Bonchev–Trinajstić information content (AvgIpc) is 2.87. The van der Waals surface area contributed by atoms with E-state index in [2.05, 4.69) is 133 Å². The van der Waals surface area contributed by atoms with Crippen LogP contribution in [0.5, 0.6) is 0 Å². The molecule has 0 aliphatic rings. The van der Waals surface area contributed by atoms with Crippen molar-refractivity contribution in [2.45, 2.75) is 106 Å². The third kappa shape index (κ3) is 29.3. The first-order chi connectivity index (χ1) is 16.8. The smallest absolute Gasteiger partial charge is 0.0395 e. The van der Waals surface area contributed by atoms with Crippen molar-refractivity contribution in [2.24, 2.45) is 0 Å². The molecule has 0 unspecified atom stereocenters. The molecule has 0 aromatic heterocycles. The fourth-order valence-corrected chi connectivity index (χ4v) is 2.64. The van der Waals surface area contributed by atoms with Gasteiger partial charge in [-0.05, 0) is 59.6 Å². The molecule has 0 saturated carbocycles. The second-order valence-electron chi connectivity index (χ2n) is 8.05. The van der Waals surface area contributed by atoms with Gasteiger partial charge in [-0.1, -0.05) is 188 Å². The Labute approximate surface area is 247 Å². The van der Waals surface area contributed by atoms with Gasteiger partial charge in [0.15, 0.2) is 0 Å². The van der Waals surface area contributed by atoms with Gasteiger partial charge in [-0.3, -0.25) is 0 Å². The number of aryl methyl sites for hydroxylation is 7. The summed E-state index contributed by atoms with van der Waals surface area (Å²) in [5, 5.41) is 0. The Bertz CT molecular complexity index is 920. The van der Waals surface area contributed by atoms with E-state index in [0.29, 0.717) is 0 Å². The van der Waals surface area contributed by atoms with Crippen molar-refractivity contribution >= 4 is 0 Å². The summed E-state index contributed by atoms with van der Waals surface area (Å²) in [6.07, 6.45) is 0. The monoisotopic (exact) mass is 535 g/mol. The molecule has 0 spiro atoms. The van der Waals surface area contributed by atoms with E-state index in [1.165, 1.54) is 38.9 Å². The number of hydrogen-bond acceptors (Lipinski definition) is 0. The lowest BCUT2D eigenvalue weighted by molar-refractivity contribution is 1.34. The first-order valence-corrected chi connectivity index (χ1v) is 12.9. The molecular weight excluding hydrogens is 468 g/mol. The molecule has 4 aromatic rings. The van der Waals surface area contributed by atoms with Crippen LogP contribution in [0.25, 0.3) is 0 Å². The molecule has 0 atom stereocenters. The SMILES string of the molecule is C.C.C.C.CC.CC.Cc1ccc(C)cc1.Cc1cccc(C)c1.Cc1ccccc1.Cc1ccccc1C. The van der Waals surface area contributed by atoms with Crippen LogP contribution in [0.1, 0.15) is 96.3 Å². The third-order valence-corrected chi connectivity index (χ3v) is 4.76. The van der Waals surface area contributed by atoms with Crippen molar-refractivity contribution in [1.82, 2.24) is 0 Å². The summed E-state index contributed by atoms with van der Waals surface area (Å²) in [5.74, 6) is 0. The predicted octanol–water partition coefficient (Wildman–Crippen LogP) is 13.5. The summed E-state index contributed by atoms with van der Waals surface area (Å²) in [4.78, 5) is 0. The minimum Gasteiger partial charge on any atom is -0.0776 e. The van der Waals surface area contributed by atoms with Crippen molar-refractivity contribution in [3.05, 3.63) is 142 Å². The Kier molecular flexibility index (Phi) is 41.3. The summed E-state index contributed by atoms with van der Waals surface area (Å²) in [7, 11) is 0. The standard InChI is InChI=1S/3C8H10.C7H8.2C2H6.4CH4/c1-7-3-5-8(2)6-4-7;1-7-4-3-5-8(2)6-7;1-7-5-3-4-6-8(7)2;1-7-5-3-2-4-6-7;2*1-2;;;;/h3*3-6H,1-2H3;2-6H,1H3;2*1-2H3;4*1H4. The van der Waals surface area contributed by atoms with Crippen LogP contribution in [0.4, 0.5) is 0 Å². The van der Waals surface area contributed by atoms with Crippen LogP contribution >= 0.6 is 0 Å².